The summed E-state index contributed by atoms with van der Waals surface area (Å²) in [4.78, 5) is 30.0. The van der Waals surface area contributed by atoms with Gasteiger partial charge in [-0.15, -0.1) is 11.3 Å². The second kappa shape index (κ2) is 10.5. The van der Waals surface area contributed by atoms with Gasteiger partial charge in [-0.2, -0.15) is 0 Å². The zero-order valence-electron chi connectivity index (χ0n) is 22.1. The highest BCUT2D eigenvalue weighted by Crippen LogP contribution is 2.45. The Kier molecular flexibility index (Phi) is 6.35. The highest BCUT2D eigenvalue weighted by molar-refractivity contribution is 7.21. The number of hydrogen-bond donors (Lipinski definition) is 0. The summed E-state index contributed by atoms with van der Waals surface area (Å²) in [7, 11) is 0. The molecule has 7 rings (SSSR count). The van der Waals surface area contributed by atoms with E-state index < -0.39 is 0 Å². The van der Waals surface area contributed by atoms with Gasteiger partial charge in [0.15, 0.2) is 11.6 Å². The van der Waals surface area contributed by atoms with Crippen molar-refractivity contribution in [3.8, 4) is 20.9 Å². The van der Waals surface area contributed by atoms with E-state index in [-0.39, 0.29) is 11.6 Å². The molecule has 0 atom stereocenters. The number of benzene rings is 6. The first-order valence-electron chi connectivity index (χ1n) is 13.5. The van der Waals surface area contributed by atoms with Crippen LogP contribution >= 0.6 is 11.3 Å². The molecule has 1 aromatic heterocycles. The molecule has 3 heteroatoms. The summed E-state index contributed by atoms with van der Waals surface area (Å²) in [5, 5.41) is 4.12. The van der Waals surface area contributed by atoms with E-state index in [0.717, 1.165) is 32.7 Å². The van der Waals surface area contributed by atoms with Crippen molar-refractivity contribution in [2.75, 3.05) is 0 Å². The minimum absolute atomic E-state index is 0.162. The van der Waals surface area contributed by atoms with Gasteiger partial charge < -0.3 is 0 Å². The molecule has 0 aliphatic heterocycles. The topological polar surface area (TPSA) is 34.1 Å². The quantitative estimate of drug-likeness (QED) is 0.195. The van der Waals surface area contributed by atoms with Crippen LogP contribution < -0.4 is 0 Å². The smallest absolute Gasteiger partial charge is 0.193 e. The highest BCUT2D eigenvalue weighted by Gasteiger charge is 2.22. The molecule has 0 aliphatic rings. The van der Waals surface area contributed by atoms with Crippen LogP contribution in [0.3, 0.4) is 0 Å². The second-order valence-electron chi connectivity index (χ2n) is 10.0. The maximum atomic E-state index is 13.8. The number of hydrogen-bond acceptors (Lipinski definition) is 3. The molecule has 0 spiro atoms. The largest absolute Gasteiger partial charge is 0.289 e. The van der Waals surface area contributed by atoms with Crippen LogP contribution in [0.25, 0.3) is 42.4 Å². The Balaban J connectivity index is 1.51. The molecule has 0 radical (unpaired) electrons. The first-order valence-corrected chi connectivity index (χ1v) is 14.3. The first-order chi connectivity index (χ1) is 20.2. The average Bonchev–Trinajstić information content (AvgIpc) is 3.42. The van der Waals surface area contributed by atoms with E-state index >= 15 is 0 Å². The van der Waals surface area contributed by atoms with Gasteiger partial charge in [-0.05, 0) is 46.2 Å². The molecule has 6 aromatic carbocycles. The van der Waals surface area contributed by atoms with Crippen LogP contribution in [0.2, 0.25) is 0 Å². The summed E-state index contributed by atoms with van der Waals surface area (Å²) in [6.07, 6.45) is 0. The van der Waals surface area contributed by atoms with Crippen LogP contribution in [0.15, 0.2) is 146 Å². The van der Waals surface area contributed by atoms with Crippen molar-refractivity contribution >= 4 is 44.4 Å². The van der Waals surface area contributed by atoms with Gasteiger partial charge >= 0.3 is 0 Å². The SMILES string of the molecule is O=C(c1ccccc1)c1cc2cc3c(-c4ccccc4)sc(-c4ccccc4)c3cc2cc1C(=O)c1ccccc1. The third kappa shape index (κ3) is 4.57. The fourth-order valence-corrected chi connectivity index (χ4v) is 6.68. The predicted molar refractivity (Wildman–Crippen MR) is 170 cm³/mol. The predicted octanol–water partition coefficient (Wildman–Crippen LogP) is 9.85. The molecular weight excluding hydrogens is 520 g/mol. The first kappa shape index (κ1) is 24.9. The standard InChI is InChI=1S/C38H24O2S/c39-35(25-13-5-1-6-14-25)31-21-29-23-33-34(24-30(29)22-32(31)36(40)26-15-7-2-8-16-26)38(28-19-11-4-12-20-28)41-37(33)27-17-9-3-10-18-27/h1-24H. The molecule has 0 saturated carbocycles. The summed E-state index contributed by atoms with van der Waals surface area (Å²) in [5.74, 6) is -0.323. The average molecular weight is 545 g/mol. The third-order valence-electron chi connectivity index (χ3n) is 7.44. The molecule has 194 valence electrons. The number of carbonyl (C=O) groups excluding carboxylic acids is 2. The molecule has 41 heavy (non-hydrogen) atoms. The van der Waals surface area contributed by atoms with Gasteiger partial charge in [0.25, 0.3) is 0 Å². The maximum Gasteiger partial charge on any atom is 0.193 e. The van der Waals surface area contributed by atoms with Gasteiger partial charge in [0.1, 0.15) is 0 Å². The summed E-state index contributed by atoms with van der Waals surface area (Å²) < 4.78 is 0. The van der Waals surface area contributed by atoms with Gasteiger partial charge in [0.2, 0.25) is 0 Å². The maximum absolute atomic E-state index is 13.8. The lowest BCUT2D eigenvalue weighted by Crippen LogP contribution is -2.11. The second-order valence-corrected chi connectivity index (χ2v) is 11.0. The zero-order chi connectivity index (χ0) is 27.8. The van der Waals surface area contributed by atoms with E-state index in [9.17, 15) is 9.59 Å². The number of rotatable bonds is 6. The van der Waals surface area contributed by atoms with E-state index in [4.69, 9.17) is 0 Å². The summed E-state index contributed by atoms with van der Waals surface area (Å²) in [6, 6.07) is 47.3. The molecule has 1 heterocycles. The lowest BCUT2D eigenvalue weighted by Gasteiger charge is -2.12. The van der Waals surface area contributed by atoms with Gasteiger partial charge in [0, 0.05) is 42.8 Å². The van der Waals surface area contributed by atoms with Crippen molar-refractivity contribution in [3.63, 3.8) is 0 Å². The summed E-state index contributed by atoms with van der Waals surface area (Å²) in [5.41, 5.74) is 4.25. The minimum Gasteiger partial charge on any atom is -0.289 e. The normalized spacial score (nSPS) is 11.1. The van der Waals surface area contributed by atoms with Crippen LogP contribution in [-0.4, -0.2) is 11.6 Å². The van der Waals surface area contributed by atoms with Gasteiger partial charge in [0.05, 0.1) is 0 Å². The van der Waals surface area contributed by atoms with E-state index in [1.54, 1.807) is 35.6 Å². The Morgan fingerprint density at radius 2 is 0.756 bits per heavy atom. The van der Waals surface area contributed by atoms with E-state index in [2.05, 4.69) is 60.7 Å². The number of thiophene rings is 1. The van der Waals surface area contributed by atoms with Crippen molar-refractivity contribution < 1.29 is 9.59 Å². The molecule has 0 N–H and O–H groups in total. The monoisotopic (exact) mass is 544 g/mol. The molecule has 0 unspecified atom stereocenters. The van der Waals surface area contributed by atoms with Crippen LogP contribution in [0.5, 0.6) is 0 Å². The van der Waals surface area contributed by atoms with Crippen molar-refractivity contribution in [1.82, 2.24) is 0 Å². The summed E-state index contributed by atoms with van der Waals surface area (Å²) >= 11 is 1.77. The van der Waals surface area contributed by atoms with Gasteiger partial charge in [-0.25, -0.2) is 0 Å². The molecule has 2 nitrogen and oxygen atoms in total. The van der Waals surface area contributed by atoms with Crippen molar-refractivity contribution in [1.29, 1.82) is 0 Å². The van der Waals surface area contributed by atoms with Gasteiger partial charge in [-0.3, -0.25) is 9.59 Å². The molecule has 0 amide bonds. The number of carbonyl (C=O) groups is 2. The van der Waals surface area contributed by atoms with Crippen molar-refractivity contribution in [2.24, 2.45) is 0 Å². The minimum atomic E-state index is -0.162. The van der Waals surface area contributed by atoms with Crippen LogP contribution in [0, 0.1) is 0 Å². The molecule has 0 aliphatic carbocycles. The summed E-state index contributed by atoms with van der Waals surface area (Å²) in [6.45, 7) is 0. The van der Waals surface area contributed by atoms with E-state index in [0.29, 0.717) is 22.3 Å². The number of fused-ring (bicyclic) bond motifs is 2. The Morgan fingerprint density at radius 3 is 1.12 bits per heavy atom. The van der Waals surface area contributed by atoms with Crippen LogP contribution in [-0.2, 0) is 0 Å². The van der Waals surface area contributed by atoms with Gasteiger partial charge in [-0.1, -0.05) is 121 Å². The van der Waals surface area contributed by atoms with Crippen molar-refractivity contribution in [3.05, 3.63) is 168 Å². The lowest BCUT2D eigenvalue weighted by molar-refractivity contribution is 0.100. The Bertz CT molecular complexity index is 1890. The molecular formula is C38H24O2S. The molecule has 0 fully saturated rings. The molecule has 7 aromatic rings. The third-order valence-corrected chi connectivity index (χ3v) is 8.76. The Morgan fingerprint density at radius 1 is 0.415 bits per heavy atom. The number of ketones is 2. The highest BCUT2D eigenvalue weighted by atomic mass is 32.1. The fraction of sp³-hybridized carbons (Fsp3) is 0. The van der Waals surface area contributed by atoms with E-state index in [1.165, 1.54) is 9.75 Å². The van der Waals surface area contributed by atoms with E-state index in [1.807, 2.05) is 60.7 Å². The zero-order valence-corrected chi connectivity index (χ0v) is 22.9. The fourth-order valence-electron chi connectivity index (χ4n) is 5.41. The lowest BCUT2D eigenvalue weighted by atomic mass is 9.89. The van der Waals surface area contributed by atoms with Crippen molar-refractivity contribution in [2.45, 2.75) is 0 Å². The molecule has 0 saturated heterocycles. The molecule has 0 bridgehead atoms. The Hall–Kier alpha value is -5.12. The van der Waals surface area contributed by atoms with Crippen LogP contribution in [0.4, 0.5) is 0 Å². The van der Waals surface area contributed by atoms with Crippen LogP contribution in [0.1, 0.15) is 31.8 Å². The Labute approximate surface area is 242 Å².